The van der Waals surface area contributed by atoms with Crippen LogP contribution in [0.15, 0.2) is 42.5 Å². The third-order valence-corrected chi connectivity index (χ3v) is 3.81. The van der Waals surface area contributed by atoms with Crippen LogP contribution in [-0.2, 0) is 11.3 Å². The summed E-state index contributed by atoms with van der Waals surface area (Å²) in [6.07, 6.45) is 0. The molecule has 0 aliphatic rings. The van der Waals surface area contributed by atoms with Gasteiger partial charge in [0.1, 0.15) is 0 Å². The highest BCUT2D eigenvalue weighted by atomic mass is 16.5. The average Bonchev–Trinajstić information content (AvgIpc) is 2.59. The molecule has 5 heteroatoms. The third-order valence-electron chi connectivity index (χ3n) is 3.81. The molecule has 0 aromatic heterocycles. The van der Waals surface area contributed by atoms with Gasteiger partial charge in [0.25, 0.3) is 0 Å². The van der Waals surface area contributed by atoms with Crippen LogP contribution in [0.5, 0.6) is 11.5 Å². The largest absolute Gasteiger partial charge is 0.490 e. The Kier molecular flexibility index (Phi) is 7.48. The molecule has 2 aromatic carbocycles. The highest BCUT2D eigenvalue weighted by molar-refractivity contribution is 5.92. The summed E-state index contributed by atoms with van der Waals surface area (Å²) in [5.74, 6) is 1.26. The SMILES string of the molecule is CCOc1ccc(NC(=O)CN(C)Cc2ccc(C)cc2)cc1OCC. The van der Waals surface area contributed by atoms with E-state index in [0.717, 1.165) is 6.54 Å². The van der Waals surface area contributed by atoms with Gasteiger partial charge in [-0.05, 0) is 45.5 Å². The van der Waals surface area contributed by atoms with Gasteiger partial charge in [0.05, 0.1) is 19.8 Å². The van der Waals surface area contributed by atoms with Crippen molar-refractivity contribution in [2.75, 3.05) is 32.1 Å². The number of benzene rings is 2. The van der Waals surface area contributed by atoms with Gasteiger partial charge in [-0.2, -0.15) is 0 Å². The number of carbonyl (C=O) groups excluding carboxylic acids is 1. The zero-order valence-corrected chi connectivity index (χ0v) is 16.0. The molecule has 2 rings (SSSR count). The molecule has 0 spiro atoms. The molecular weight excluding hydrogens is 328 g/mol. The summed E-state index contributed by atoms with van der Waals surface area (Å²) in [6, 6.07) is 13.8. The van der Waals surface area contributed by atoms with Gasteiger partial charge in [-0.3, -0.25) is 9.69 Å². The molecular formula is C21H28N2O3. The Hall–Kier alpha value is -2.53. The van der Waals surface area contributed by atoms with Crippen molar-refractivity contribution >= 4 is 11.6 Å². The number of hydrogen-bond acceptors (Lipinski definition) is 4. The lowest BCUT2D eigenvalue weighted by Gasteiger charge is -2.17. The number of aryl methyl sites for hydroxylation is 1. The number of nitrogens with one attached hydrogen (secondary N) is 1. The van der Waals surface area contributed by atoms with Crippen molar-refractivity contribution in [3.63, 3.8) is 0 Å². The first-order chi connectivity index (χ1) is 12.5. The predicted octanol–water partition coefficient (Wildman–Crippen LogP) is 3.86. The number of likely N-dealkylation sites (N-methyl/N-ethyl adjacent to an activating group) is 1. The minimum atomic E-state index is -0.0637. The maximum absolute atomic E-state index is 12.3. The molecule has 26 heavy (non-hydrogen) atoms. The van der Waals surface area contributed by atoms with Crippen LogP contribution in [0, 0.1) is 6.92 Å². The Bertz CT molecular complexity index is 714. The first-order valence-electron chi connectivity index (χ1n) is 8.95. The fraction of sp³-hybridized carbons (Fsp3) is 0.381. The van der Waals surface area contributed by atoms with Gasteiger partial charge in [0, 0.05) is 18.3 Å². The molecule has 0 fully saturated rings. The Labute approximate surface area is 155 Å². The van der Waals surface area contributed by atoms with Crippen molar-refractivity contribution in [1.29, 1.82) is 0 Å². The van der Waals surface area contributed by atoms with E-state index in [1.807, 2.05) is 37.9 Å². The Morgan fingerprint density at radius 1 is 1.00 bits per heavy atom. The second-order valence-electron chi connectivity index (χ2n) is 6.23. The molecule has 5 nitrogen and oxygen atoms in total. The Balaban J connectivity index is 1.93. The Morgan fingerprint density at radius 2 is 1.65 bits per heavy atom. The number of amides is 1. The van der Waals surface area contributed by atoms with E-state index in [1.54, 1.807) is 6.07 Å². The average molecular weight is 356 g/mol. The summed E-state index contributed by atoms with van der Waals surface area (Å²) in [4.78, 5) is 14.3. The summed E-state index contributed by atoms with van der Waals surface area (Å²) in [5.41, 5.74) is 3.12. The highest BCUT2D eigenvalue weighted by Gasteiger charge is 2.11. The summed E-state index contributed by atoms with van der Waals surface area (Å²) >= 11 is 0. The highest BCUT2D eigenvalue weighted by Crippen LogP contribution is 2.30. The number of anilines is 1. The number of rotatable bonds is 9. The minimum Gasteiger partial charge on any atom is -0.490 e. The summed E-state index contributed by atoms with van der Waals surface area (Å²) in [5, 5.41) is 2.92. The van der Waals surface area contributed by atoms with Crippen molar-refractivity contribution in [2.24, 2.45) is 0 Å². The van der Waals surface area contributed by atoms with E-state index in [1.165, 1.54) is 11.1 Å². The normalized spacial score (nSPS) is 10.7. The number of ether oxygens (including phenoxy) is 2. The van der Waals surface area contributed by atoms with Gasteiger partial charge in [0.2, 0.25) is 5.91 Å². The van der Waals surface area contributed by atoms with E-state index < -0.39 is 0 Å². The number of carbonyl (C=O) groups is 1. The van der Waals surface area contributed by atoms with Crippen LogP contribution in [0.3, 0.4) is 0 Å². The van der Waals surface area contributed by atoms with Crippen LogP contribution in [0.2, 0.25) is 0 Å². The molecule has 0 saturated carbocycles. The zero-order chi connectivity index (χ0) is 18.9. The number of hydrogen-bond donors (Lipinski definition) is 1. The standard InChI is InChI=1S/C21H28N2O3/c1-5-25-19-12-11-18(13-20(19)26-6-2)22-21(24)15-23(4)14-17-9-7-16(3)8-10-17/h7-13H,5-6,14-15H2,1-4H3,(H,22,24). The molecule has 0 unspecified atom stereocenters. The van der Waals surface area contributed by atoms with Gasteiger partial charge in [-0.1, -0.05) is 29.8 Å². The van der Waals surface area contributed by atoms with Gasteiger partial charge >= 0.3 is 0 Å². The maximum atomic E-state index is 12.3. The van der Waals surface area contributed by atoms with Crippen molar-refractivity contribution in [2.45, 2.75) is 27.3 Å². The third kappa shape index (κ3) is 6.08. The van der Waals surface area contributed by atoms with Crippen molar-refractivity contribution < 1.29 is 14.3 Å². The molecule has 2 aromatic rings. The quantitative estimate of drug-likeness (QED) is 0.741. The van der Waals surface area contributed by atoms with E-state index >= 15 is 0 Å². The lowest BCUT2D eigenvalue weighted by molar-refractivity contribution is -0.117. The summed E-state index contributed by atoms with van der Waals surface area (Å²) in [6.45, 7) is 8.04. The molecule has 0 aliphatic carbocycles. The van der Waals surface area contributed by atoms with E-state index in [2.05, 4.69) is 36.5 Å². The van der Waals surface area contributed by atoms with E-state index in [9.17, 15) is 4.79 Å². The van der Waals surface area contributed by atoms with Gasteiger partial charge in [-0.15, -0.1) is 0 Å². The lowest BCUT2D eigenvalue weighted by Crippen LogP contribution is -2.29. The summed E-state index contributed by atoms with van der Waals surface area (Å²) < 4.78 is 11.1. The van der Waals surface area contributed by atoms with E-state index in [-0.39, 0.29) is 5.91 Å². The van der Waals surface area contributed by atoms with Gasteiger partial charge in [0.15, 0.2) is 11.5 Å². The molecule has 0 radical (unpaired) electrons. The van der Waals surface area contributed by atoms with Crippen LogP contribution in [-0.4, -0.2) is 37.6 Å². The lowest BCUT2D eigenvalue weighted by atomic mass is 10.1. The van der Waals surface area contributed by atoms with Gasteiger partial charge < -0.3 is 14.8 Å². The van der Waals surface area contributed by atoms with Crippen LogP contribution in [0.25, 0.3) is 0 Å². The molecule has 0 saturated heterocycles. The fourth-order valence-electron chi connectivity index (χ4n) is 2.64. The zero-order valence-electron chi connectivity index (χ0n) is 16.0. The fourth-order valence-corrected chi connectivity index (χ4v) is 2.64. The van der Waals surface area contributed by atoms with Crippen LogP contribution >= 0.6 is 0 Å². The molecule has 0 heterocycles. The topological polar surface area (TPSA) is 50.8 Å². The second-order valence-corrected chi connectivity index (χ2v) is 6.23. The number of nitrogens with zero attached hydrogens (tertiary/aromatic N) is 1. The van der Waals surface area contributed by atoms with Crippen LogP contribution < -0.4 is 14.8 Å². The molecule has 140 valence electrons. The smallest absolute Gasteiger partial charge is 0.238 e. The monoisotopic (exact) mass is 356 g/mol. The van der Waals surface area contributed by atoms with Gasteiger partial charge in [-0.25, -0.2) is 0 Å². The maximum Gasteiger partial charge on any atom is 0.238 e. The predicted molar refractivity (Wildman–Crippen MR) is 105 cm³/mol. The molecule has 1 N–H and O–H groups in total. The molecule has 0 aliphatic heterocycles. The summed E-state index contributed by atoms with van der Waals surface area (Å²) in [7, 11) is 1.93. The molecule has 0 bridgehead atoms. The molecule has 1 amide bonds. The van der Waals surface area contributed by atoms with E-state index in [4.69, 9.17) is 9.47 Å². The van der Waals surface area contributed by atoms with Crippen molar-refractivity contribution in [1.82, 2.24) is 4.90 Å². The van der Waals surface area contributed by atoms with Crippen LogP contribution in [0.1, 0.15) is 25.0 Å². The van der Waals surface area contributed by atoms with Crippen molar-refractivity contribution in [3.05, 3.63) is 53.6 Å². The minimum absolute atomic E-state index is 0.0637. The van der Waals surface area contributed by atoms with Crippen molar-refractivity contribution in [3.8, 4) is 11.5 Å². The Morgan fingerprint density at radius 3 is 2.31 bits per heavy atom. The second kappa shape index (κ2) is 9.82. The first kappa shape index (κ1) is 19.8. The first-order valence-corrected chi connectivity index (χ1v) is 8.95. The van der Waals surface area contributed by atoms with Crippen LogP contribution in [0.4, 0.5) is 5.69 Å². The molecule has 0 atom stereocenters. The van der Waals surface area contributed by atoms with E-state index in [0.29, 0.717) is 36.9 Å².